The Hall–Kier alpha value is -3.81. The predicted octanol–water partition coefficient (Wildman–Crippen LogP) is 3.56. The van der Waals surface area contributed by atoms with Crippen LogP contribution in [0.1, 0.15) is 17.5 Å². The fourth-order valence-electron chi connectivity index (χ4n) is 5.74. The predicted molar refractivity (Wildman–Crippen MR) is 118 cm³/mol. The highest BCUT2D eigenvalue weighted by molar-refractivity contribution is 6.06. The number of hydrogen-bond donors (Lipinski definition) is 0. The van der Waals surface area contributed by atoms with E-state index >= 15 is 0 Å². The number of nitro groups is 1. The number of carbonyl (C=O) groups excluding carboxylic acids is 2. The van der Waals surface area contributed by atoms with Gasteiger partial charge in [0.15, 0.2) is 0 Å². The third-order valence-electron chi connectivity index (χ3n) is 7.37. The van der Waals surface area contributed by atoms with E-state index in [9.17, 15) is 19.7 Å². The summed E-state index contributed by atoms with van der Waals surface area (Å²) in [6.45, 7) is 0.253. The highest BCUT2D eigenvalue weighted by atomic mass is 16.6. The van der Waals surface area contributed by atoms with Gasteiger partial charge in [-0.25, -0.2) is 0 Å². The minimum atomic E-state index is -0.442. The van der Waals surface area contributed by atoms with E-state index in [1.165, 1.54) is 18.3 Å². The SMILES string of the molecule is O=C1[C@@H]2[C@H]3C=C[C@@H]([C@@H]4C[C@@H]34)[C@H]2C(=O)N1/N=C\c1cccc(OCc2ccc([N+](=O)[O-])cc2)c1. The van der Waals surface area contributed by atoms with Crippen molar-refractivity contribution in [1.82, 2.24) is 5.01 Å². The quantitative estimate of drug-likeness (QED) is 0.223. The molecule has 8 heteroatoms. The van der Waals surface area contributed by atoms with Crippen LogP contribution in [0.3, 0.4) is 0 Å². The number of nitro benzene ring substituents is 1. The number of hydrazone groups is 1. The first-order chi connectivity index (χ1) is 16.0. The van der Waals surface area contributed by atoms with Gasteiger partial charge in [0, 0.05) is 12.1 Å². The van der Waals surface area contributed by atoms with Gasteiger partial charge in [-0.15, -0.1) is 0 Å². The summed E-state index contributed by atoms with van der Waals surface area (Å²) in [7, 11) is 0. The topological polar surface area (TPSA) is 102 Å². The van der Waals surface area contributed by atoms with Gasteiger partial charge in [-0.2, -0.15) is 10.1 Å². The number of imide groups is 1. The highest BCUT2D eigenvalue weighted by Crippen LogP contribution is 2.65. The molecule has 2 amide bonds. The molecule has 2 aromatic carbocycles. The number of ether oxygens (including phenoxy) is 1. The molecule has 0 aromatic heterocycles. The molecule has 1 aliphatic heterocycles. The van der Waals surface area contributed by atoms with Crippen molar-refractivity contribution in [2.24, 2.45) is 40.6 Å². The summed E-state index contributed by atoms with van der Waals surface area (Å²) in [5, 5.41) is 16.1. The lowest BCUT2D eigenvalue weighted by molar-refractivity contribution is -0.384. The Bertz CT molecular complexity index is 1180. The summed E-state index contributed by atoms with van der Waals surface area (Å²) in [6, 6.07) is 13.4. The number of amides is 2. The van der Waals surface area contributed by atoms with Crippen molar-refractivity contribution in [1.29, 1.82) is 0 Å². The lowest BCUT2D eigenvalue weighted by atomic mass is 9.63. The van der Waals surface area contributed by atoms with Crippen molar-refractivity contribution in [3.63, 3.8) is 0 Å². The Kier molecular flexibility index (Phi) is 4.43. The van der Waals surface area contributed by atoms with Crippen LogP contribution in [0.5, 0.6) is 5.75 Å². The van der Waals surface area contributed by atoms with Crippen LogP contribution in [0.15, 0.2) is 65.8 Å². The molecule has 3 fully saturated rings. The van der Waals surface area contributed by atoms with Crippen molar-refractivity contribution in [3.8, 4) is 5.75 Å². The maximum atomic E-state index is 13.0. The number of rotatable bonds is 6. The normalized spacial score (nSPS) is 31.1. The van der Waals surface area contributed by atoms with Gasteiger partial charge in [-0.3, -0.25) is 19.7 Å². The van der Waals surface area contributed by atoms with Crippen molar-refractivity contribution in [2.75, 3.05) is 0 Å². The van der Waals surface area contributed by atoms with Gasteiger partial charge in [0.05, 0.1) is 23.0 Å². The monoisotopic (exact) mass is 443 g/mol. The summed E-state index contributed by atoms with van der Waals surface area (Å²) in [4.78, 5) is 36.3. The Balaban J connectivity index is 1.13. The average molecular weight is 443 g/mol. The zero-order valence-electron chi connectivity index (χ0n) is 17.6. The molecule has 0 N–H and O–H groups in total. The molecule has 2 saturated carbocycles. The summed E-state index contributed by atoms with van der Waals surface area (Å²) in [5.41, 5.74) is 1.54. The van der Waals surface area contributed by atoms with Gasteiger partial charge in [-0.05, 0) is 65.5 Å². The number of allylic oxidation sites excluding steroid dienone is 2. The number of benzene rings is 2. The van der Waals surface area contributed by atoms with Gasteiger partial charge in [-0.1, -0.05) is 24.3 Å². The first-order valence-electron chi connectivity index (χ1n) is 11.1. The van der Waals surface area contributed by atoms with E-state index in [1.54, 1.807) is 30.3 Å². The molecule has 7 rings (SSSR count). The molecule has 0 spiro atoms. The standard InChI is InChI=1S/C25H21N3O5/c29-24-22-18-8-9-19(21-11-20(18)21)23(22)25(30)27(24)26-12-15-2-1-3-17(10-15)33-13-14-4-6-16(7-5-14)28(31)32/h1-10,12,18-23H,11,13H2/b26-12-/t18-,19-,20-,21-,22+,23+/m0/s1. The Morgan fingerprint density at radius 2 is 1.70 bits per heavy atom. The second-order valence-corrected chi connectivity index (χ2v) is 9.17. The summed E-state index contributed by atoms with van der Waals surface area (Å²) >= 11 is 0. The zero-order chi connectivity index (χ0) is 22.7. The van der Waals surface area contributed by atoms with E-state index < -0.39 is 4.92 Å². The molecule has 0 unspecified atom stereocenters. The molecule has 8 nitrogen and oxygen atoms in total. The molecular weight excluding hydrogens is 422 g/mol. The average Bonchev–Trinajstić information content (AvgIpc) is 3.61. The van der Waals surface area contributed by atoms with E-state index in [0.717, 1.165) is 17.0 Å². The maximum Gasteiger partial charge on any atom is 0.269 e. The van der Waals surface area contributed by atoms with E-state index in [-0.39, 0.29) is 47.8 Å². The van der Waals surface area contributed by atoms with Gasteiger partial charge in [0.25, 0.3) is 17.5 Å². The first-order valence-corrected chi connectivity index (χ1v) is 11.1. The molecule has 33 heavy (non-hydrogen) atoms. The fraction of sp³-hybridized carbons (Fsp3) is 0.320. The second kappa shape index (κ2) is 7.37. The van der Waals surface area contributed by atoms with Gasteiger partial charge >= 0.3 is 0 Å². The van der Waals surface area contributed by atoms with Crippen molar-refractivity contribution in [3.05, 3.63) is 81.9 Å². The minimum Gasteiger partial charge on any atom is -0.489 e. The molecule has 4 aliphatic carbocycles. The number of hydrogen-bond acceptors (Lipinski definition) is 6. The zero-order valence-corrected chi connectivity index (χ0v) is 17.6. The van der Waals surface area contributed by atoms with Gasteiger partial charge in [0.1, 0.15) is 12.4 Å². The van der Waals surface area contributed by atoms with Crippen LogP contribution in [0.2, 0.25) is 0 Å². The maximum absolute atomic E-state index is 13.0. The third kappa shape index (κ3) is 3.25. The number of carbonyl (C=O) groups is 2. The lowest BCUT2D eigenvalue weighted by Crippen LogP contribution is -2.40. The molecule has 1 saturated heterocycles. The summed E-state index contributed by atoms with van der Waals surface area (Å²) < 4.78 is 5.79. The molecule has 1 heterocycles. The Morgan fingerprint density at radius 1 is 1.03 bits per heavy atom. The minimum absolute atomic E-state index is 0.0311. The second-order valence-electron chi connectivity index (χ2n) is 9.17. The van der Waals surface area contributed by atoms with E-state index in [1.807, 2.05) is 6.07 Å². The van der Waals surface area contributed by atoms with Crippen molar-refractivity contribution < 1.29 is 19.2 Å². The first kappa shape index (κ1) is 19.8. The largest absolute Gasteiger partial charge is 0.489 e. The van der Waals surface area contributed by atoms with Crippen LogP contribution in [-0.4, -0.2) is 28.0 Å². The van der Waals surface area contributed by atoms with Crippen LogP contribution in [0.4, 0.5) is 5.69 Å². The van der Waals surface area contributed by atoms with Crippen LogP contribution in [-0.2, 0) is 16.2 Å². The van der Waals surface area contributed by atoms with Crippen LogP contribution < -0.4 is 4.74 Å². The molecule has 166 valence electrons. The van der Waals surface area contributed by atoms with Crippen molar-refractivity contribution in [2.45, 2.75) is 13.0 Å². The summed E-state index contributed by atoms with van der Waals surface area (Å²) in [6.07, 6.45) is 6.93. The van der Waals surface area contributed by atoms with Crippen LogP contribution in [0, 0.1) is 45.6 Å². The van der Waals surface area contributed by atoms with E-state index in [0.29, 0.717) is 23.1 Å². The number of non-ortho nitro benzene ring substituents is 1. The fourth-order valence-corrected chi connectivity index (χ4v) is 5.74. The molecule has 2 bridgehead atoms. The molecule has 2 aromatic rings. The van der Waals surface area contributed by atoms with Gasteiger partial charge in [0.2, 0.25) is 0 Å². The van der Waals surface area contributed by atoms with E-state index in [4.69, 9.17) is 4.74 Å². The molecule has 6 atom stereocenters. The molecular formula is C25H21N3O5. The Labute approximate surface area is 189 Å². The van der Waals surface area contributed by atoms with E-state index in [2.05, 4.69) is 17.3 Å². The number of nitrogens with zero attached hydrogens (tertiary/aromatic N) is 3. The van der Waals surface area contributed by atoms with Crippen LogP contribution >= 0.6 is 0 Å². The molecule has 0 radical (unpaired) electrons. The Morgan fingerprint density at radius 3 is 2.33 bits per heavy atom. The van der Waals surface area contributed by atoms with Crippen molar-refractivity contribution >= 4 is 23.7 Å². The van der Waals surface area contributed by atoms with Crippen LogP contribution in [0.25, 0.3) is 0 Å². The summed E-state index contributed by atoms with van der Waals surface area (Å²) in [5.74, 6) is 1.18. The smallest absolute Gasteiger partial charge is 0.269 e. The lowest BCUT2D eigenvalue weighted by Gasteiger charge is -2.37. The van der Waals surface area contributed by atoms with Gasteiger partial charge < -0.3 is 4.74 Å². The third-order valence-corrected chi connectivity index (χ3v) is 7.37. The molecule has 5 aliphatic rings. The highest BCUT2D eigenvalue weighted by Gasteiger charge is 2.67.